The Morgan fingerprint density at radius 1 is 1.35 bits per heavy atom. The van der Waals surface area contributed by atoms with Gasteiger partial charge in [-0.25, -0.2) is 0 Å². The fraction of sp³-hybridized carbons (Fsp3) is 0.250. The summed E-state index contributed by atoms with van der Waals surface area (Å²) < 4.78 is 5.10. The van der Waals surface area contributed by atoms with Crippen LogP contribution >= 0.6 is 0 Å². The van der Waals surface area contributed by atoms with Gasteiger partial charge in [-0.15, -0.1) is 0 Å². The quantitative estimate of drug-likeness (QED) is 0.729. The van der Waals surface area contributed by atoms with Gasteiger partial charge in [-0.2, -0.15) is 0 Å². The molecule has 0 bridgehead atoms. The highest BCUT2D eigenvalue weighted by molar-refractivity contribution is 6.00. The van der Waals surface area contributed by atoms with Gasteiger partial charge in [-0.1, -0.05) is 0 Å². The summed E-state index contributed by atoms with van der Waals surface area (Å²) in [5, 5.41) is 0.990. The number of carbonyl (C=O) groups excluding carboxylic acids is 1. The van der Waals surface area contributed by atoms with E-state index in [9.17, 15) is 4.79 Å². The third-order valence-electron chi connectivity index (χ3n) is 2.47. The topological polar surface area (TPSA) is 94.1 Å². The molecule has 0 saturated heterocycles. The number of H-pyrrole nitrogens is 1. The summed E-state index contributed by atoms with van der Waals surface area (Å²) in [5.41, 5.74) is 12.2. The Kier molecular flexibility index (Phi) is 4.12. The van der Waals surface area contributed by atoms with Gasteiger partial charge in [0.05, 0.1) is 12.7 Å². The molecule has 5 nitrogen and oxygen atoms in total. The number of ether oxygens (including phenoxy) is 1. The van der Waals surface area contributed by atoms with Crippen LogP contribution in [0.15, 0.2) is 18.3 Å². The lowest BCUT2D eigenvalue weighted by Crippen LogP contribution is -2.12. The van der Waals surface area contributed by atoms with Gasteiger partial charge in [-0.05, 0) is 25.6 Å². The van der Waals surface area contributed by atoms with E-state index < -0.39 is 5.91 Å². The molecule has 0 atom stereocenters. The molecule has 0 spiro atoms. The van der Waals surface area contributed by atoms with Crippen molar-refractivity contribution in [1.82, 2.24) is 4.98 Å². The van der Waals surface area contributed by atoms with Crippen molar-refractivity contribution in [2.24, 2.45) is 11.5 Å². The number of rotatable bonds is 2. The number of hydrogen-bond acceptors (Lipinski definition) is 3. The van der Waals surface area contributed by atoms with E-state index in [1.54, 1.807) is 12.1 Å². The minimum absolute atomic E-state index is 0.410. The number of aromatic nitrogens is 1. The number of hydrogen-bond donors (Lipinski definition) is 3. The predicted molar refractivity (Wildman–Crippen MR) is 68.2 cm³/mol. The SMILES string of the molecule is CN.COc1cc2[nH]cc(C)c2cc1C(N)=O. The molecule has 2 rings (SSSR count). The fourth-order valence-corrected chi connectivity index (χ4v) is 1.65. The Bertz CT molecular complexity index is 532. The number of nitrogens with one attached hydrogen (secondary N) is 1. The van der Waals surface area contributed by atoms with Gasteiger partial charge in [0.1, 0.15) is 5.75 Å². The van der Waals surface area contributed by atoms with Gasteiger partial charge in [0.25, 0.3) is 5.91 Å². The molecular formula is C12H17N3O2. The van der Waals surface area contributed by atoms with Crippen molar-refractivity contribution in [3.63, 3.8) is 0 Å². The second kappa shape index (κ2) is 5.36. The highest BCUT2D eigenvalue weighted by atomic mass is 16.5. The van der Waals surface area contributed by atoms with Crippen molar-refractivity contribution in [2.45, 2.75) is 6.92 Å². The molecule has 0 aliphatic carbocycles. The van der Waals surface area contributed by atoms with Crippen LogP contribution in [0.25, 0.3) is 10.9 Å². The van der Waals surface area contributed by atoms with Crippen molar-refractivity contribution in [2.75, 3.05) is 14.2 Å². The molecule has 1 amide bonds. The van der Waals surface area contributed by atoms with E-state index in [2.05, 4.69) is 10.7 Å². The van der Waals surface area contributed by atoms with E-state index in [4.69, 9.17) is 10.5 Å². The number of aromatic amines is 1. The smallest absolute Gasteiger partial charge is 0.252 e. The molecule has 17 heavy (non-hydrogen) atoms. The van der Waals surface area contributed by atoms with Crippen molar-refractivity contribution >= 4 is 16.8 Å². The number of carbonyl (C=O) groups is 1. The molecule has 1 aromatic carbocycles. The Balaban J connectivity index is 0.000000686. The standard InChI is InChI=1S/C11H12N2O2.CH5N/c1-6-5-13-9-4-10(15-2)8(11(12)14)3-7(6)9;1-2/h3-5,13H,1-2H3,(H2,12,14);2H2,1H3. The number of aryl methyl sites for hydroxylation is 1. The molecule has 5 heteroatoms. The Morgan fingerprint density at radius 3 is 2.53 bits per heavy atom. The zero-order valence-electron chi connectivity index (χ0n) is 10.2. The lowest BCUT2D eigenvalue weighted by molar-refractivity contribution is 0.0997. The number of methoxy groups -OCH3 is 1. The first-order chi connectivity index (χ1) is 8.13. The van der Waals surface area contributed by atoms with Gasteiger partial charge in [0, 0.05) is 23.2 Å². The lowest BCUT2D eigenvalue weighted by Gasteiger charge is -2.05. The molecule has 0 aliphatic rings. The molecule has 1 aromatic heterocycles. The van der Waals surface area contributed by atoms with Crippen LogP contribution in [-0.2, 0) is 0 Å². The van der Waals surface area contributed by atoms with Gasteiger partial charge in [0.2, 0.25) is 0 Å². The maximum atomic E-state index is 11.2. The van der Waals surface area contributed by atoms with Crippen LogP contribution in [0.5, 0.6) is 5.75 Å². The van der Waals surface area contributed by atoms with Crippen LogP contribution in [0, 0.1) is 6.92 Å². The van der Waals surface area contributed by atoms with Crippen molar-refractivity contribution in [3.8, 4) is 5.75 Å². The van der Waals surface area contributed by atoms with E-state index in [0.29, 0.717) is 11.3 Å². The number of benzene rings is 1. The van der Waals surface area contributed by atoms with Gasteiger partial charge >= 0.3 is 0 Å². The summed E-state index contributed by atoms with van der Waals surface area (Å²) in [5.74, 6) is 0.0196. The molecule has 92 valence electrons. The van der Waals surface area contributed by atoms with E-state index in [-0.39, 0.29) is 0 Å². The molecule has 0 fully saturated rings. The first-order valence-electron chi connectivity index (χ1n) is 5.16. The maximum absolute atomic E-state index is 11.2. The number of fused-ring (bicyclic) bond motifs is 1. The molecule has 5 N–H and O–H groups in total. The fourth-order valence-electron chi connectivity index (χ4n) is 1.65. The second-order valence-corrected chi connectivity index (χ2v) is 3.43. The molecule has 1 heterocycles. The van der Waals surface area contributed by atoms with Crippen molar-refractivity contribution in [1.29, 1.82) is 0 Å². The minimum Gasteiger partial charge on any atom is -0.496 e. The summed E-state index contributed by atoms with van der Waals surface area (Å²) in [6, 6.07) is 3.53. The van der Waals surface area contributed by atoms with Crippen LogP contribution in [0.4, 0.5) is 0 Å². The Morgan fingerprint density at radius 2 is 2.00 bits per heavy atom. The van der Waals surface area contributed by atoms with Gasteiger partial charge < -0.3 is 21.2 Å². The normalized spacial score (nSPS) is 9.65. The summed E-state index contributed by atoms with van der Waals surface area (Å²) in [6.07, 6.45) is 1.88. The van der Waals surface area contributed by atoms with Crippen LogP contribution in [0.2, 0.25) is 0 Å². The molecule has 0 saturated carbocycles. The number of amides is 1. The van der Waals surface area contributed by atoms with Crippen molar-refractivity contribution < 1.29 is 9.53 Å². The van der Waals surface area contributed by atoms with Crippen LogP contribution < -0.4 is 16.2 Å². The largest absolute Gasteiger partial charge is 0.496 e. The van der Waals surface area contributed by atoms with Crippen molar-refractivity contribution in [3.05, 3.63) is 29.5 Å². The Labute approximate surface area is 99.7 Å². The van der Waals surface area contributed by atoms with Crippen LogP contribution in [0.3, 0.4) is 0 Å². The zero-order valence-corrected chi connectivity index (χ0v) is 10.2. The molecule has 2 aromatic rings. The van der Waals surface area contributed by atoms with E-state index >= 15 is 0 Å². The van der Waals surface area contributed by atoms with Crippen LogP contribution in [0.1, 0.15) is 15.9 Å². The lowest BCUT2D eigenvalue weighted by atomic mass is 10.1. The predicted octanol–water partition coefficient (Wildman–Crippen LogP) is 1.16. The monoisotopic (exact) mass is 235 g/mol. The van der Waals surface area contributed by atoms with E-state index in [1.807, 2.05) is 13.1 Å². The third-order valence-corrected chi connectivity index (χ3v) is 2.47. The summed E-state index contributed by atoms with van der Waals surface area (Å²) >= 11 is 0. The first-order valence-corrected chi connectivity index (χ1v) is 5.16. The first kappa shape index (κ1) is 13.1. The maximum Gasteiger partial charge on any atom is 0.252 e. The second-order valence-electron chi connectivity index (χ2n) is 3.43. The zero-order chi connectivity index (χ0) is 13.0. The highest BCUT2D eigenvalue weighted by Crippen LogP contribution is 2.26. The molecular weight excluding hydrogens is 218 g/mol. The van der Waals surface area contributed by atoms with E-state index in [0.717, 1.165) is 16.5 Å². The van der Waals surface area contributed by atoms with E-state index in [1.165, 1.54) is 14.2 Å². The highest BCUT2D eigenvalue weighted by Gasteiger charge is 2.12. The summed E-state index contributed by atoms with van der Waals surface area (Å²) in [4.78, 5) is 14.3. The Hall–Kier alpha value is -2.01. The van der Waals surface area contributed by atoms with Gasteiger partial charge in [0.15, 0.2) is 0 Å². The average molecular weight is 235 g/mol. The third kappa shape index (κ3) is 2.39. The molecule has 0 unspecified atom stereocenters. The number of nitrogens with two attached hydrogens (primary N) is 2. The summed E-state index contributed by atoms with van der Waals surface area (Å²) in [6.45, 7) is 1.97. The average Bonchev–Trinajstić information content (AvgIpc) is 2.71. The number of primary amides is 1. The molecule has 0 aliphatic heterocycles. The molecule has 0 radical (unpaired) electrons. The summed E-state index contributed by atoms with van der Waals surface area (Å²) in [7, 11) is 3.02. The van der Waals surface area contributed by atoms with Gasteiger partial charge in [-0.3, -0.25) is 4.79 Å². The van der Waals surface area contributed by atoms with Crippen LogP contribution in [-0.4, -0.2) is 25.0 Å². The minimum atomic E-state index is -0.477.